The summed E-state index contributed by atoms with van der Waals surface area (Å²) in [6.45, 7) is 1.93. The Hall–Kier alpha value is -3.81. The Morgan fingerprint density at radius 2 is 1.61 bits per heavy atom. The summed E-state index contributed by atoms with van der Waals surface area (Å²) in [5.41, 5.74) is 2.87. The number of carboxylic acids is 1. The van der Waals surface area contributed by atoms with Crippen molar-refractivity contribution < 1.29 is 33.0 Å². The minimum absolute atomic E-state index is 0.0352. The maximum atomic E-state index is 13.4. The number of aryl methyl sites for hydroxylation is 1. The number of pyridine rings is 1. The molecule has 6 nitrogen and oxygen atoms in total. The van der Waals surface area contributed by atoms with E-state index in [9.17, 15) is 23.5 Å². The number of ether oxygens (including phenoxy) is 2. The van der Waals surface area contributed by atoms with Gasteiger partial charge in [0.2, 0.25) is 0 Å². The quantitative estimate of drug-likeness (QED) is 0.480. The molecule has 2 fully saturated rings. The zero-order valence-corrected chi connectivity index (χ0v) is 19.5. The summed E-state index contributed by atoms with van der Waals surface area (Å²) in [4.78, 5) is 30.0. The Morgan fingerprint density at radius 3 is 2.31 bits per heavy atom. The summed E-state index contributed by atoms with van der Waals surface area (Å²) in [5.74, 6) is -0.963. The SMILES string of the molecule is Cc1ccc(CC(=O)C2(c3ccc4c(c3)OC(F)(F)O4)CC2)nc1-c1cccc(C2(C(=O)O)CC2)c1. The molecule has 0 radical (unpaired) electrons. The third-order valence-electron chi connectivity index (χ3n) is 7.58. The lowest BCUT2D eigenvalue weighted by molar-refractivity contribution is -0.286. The van der Waals surface area contributed by atoms with E-state index in [0.29, 0.717) is 42.6 Å². The molecule has 0 amide bonds. The number of benzene rings is 2. The highest BCUT2D eigenvalue weighted by atomic mass is 19.3. The largest absolute Gasteiger partial charge is 0.586 e. The molecule has 0 bridgehead atoms. The molecule has 2 aliphatic carbocycles. The van der Waals surface area contributed by atoms with Crippen LogP contribution in [0.2, 0.25) is 0 Å². The second-order valence-electron chi connectivity index (χ2n) is 9.95. The van der Waals surface area contributed by atoms with Gasteiger partial charge in [0.05, 0.1) is 16.5 Å². The Labute approximate surface area is 205 Å². The maximum Gasteiger partial charge on any atom is 0.586 e. The predicted octanol–water partition coefficient (Wildman–Crippen LogP) is 5.34. The maximum absolute atomic E-state index is 13.4. The molecule has 0 unspecified atom stereocenters. The third-order valence-corrected chi connectivity index (χ3v) is 7.58. The number of carbonyl (C=O) groups is 2. The molecule has 6 rings (SSSR count). The molecule has 0 atom stereocenters. The summed E-state index contributed by atoms with van der Waals surface area (Å²) in [5, 5.41) is 9.66. The first-order valence-corrected chi connectivity index (χ1v) is 11.9. The van der Waals surface area contributed by atoms with Crippen LogP contribution in [0.4, 0.5) is 8.78 Å². The van der Waals surface area contributed by atoms with Crippen molar-refractivity contribution in [3.63, 3.8) is 0 Å². The van der Waals surface area contributed by atoms with Crippen LogP contribution in [0, 0.1) is 6.92 Å². The number of ketones is 1. The zero-order chi connectivity index (χ0) is 25.3. The molecule has 1 N–H and O–H groups in total. The summed E-state index contributed by atoms with van der Waals surface area (Å²) in [6.07, 6.45) is -1.13. The van der Waals surface area contributed by atoms with Gasteiger partial charge in [-0.25, -0.2) is 0 Å². The standard InChI is InChI=1S/C28H23F2NO5/c1-16-5-7-20(31-24(16)17-3-2-4-18(13-17)27(11-12-27)25(33)34)15-23(32)26(9-10-26)19-6-8-21-22(14-19)36-28(29,30)35-21/h2-8,13-14H,9-12,15H2,1H3,(H,33,34). The lowest BCUT2D eigenvalue weighted by Gasteiger charge is -2.16. The van der Waals surface area contributed by atoms with Gasteiger partial charge in [0, 0.05) is 17.7 Å². The van der Waals surface area contributed by atoms with Gasteiger partial charge in [0.15, 0.2) is 11.5 Å². The summed E-state index contributed by atoms with van der Waals surface area (Å²) >= 11 is 0. The summed E-state index contributed by atoms with van der Waals surface area (Å²) in [7, 11) is 0. The molecule has 1 aromatic heterocycles. The monoisotopic (exact) mass is 491 g/mol. The molecule has 0 saturated heterocycles. The number of carboxylic acid groups (broad SMARTS) is 1. The highest BCUT2D eigenvalue weighted by Gasteiger charge is 2.53. The van der Waals surface area contributed by atoms with Gasteiger partial charge in [-0.3, -0.25) is 14.6 Å². The minimum atomic E-state index is -3.70. The van der Waals surface area contributed by atoms with E-state index in [-0.39, 0.29) is 23.7 Å². The first-order chi connectivity index (χ1) is 17.1. The van der Waals surface area contributed by atoms with Crippen LogP contribution in [0.15, 0.2) is 54.6 Å². The molecule has 8 heteroatoms. The predicted molar refractivity (Wildman–Crippen MR) is 125 cm³/mol. The van der Waals surface area contributed by atoms with Crippen molar-refractivity contribution in [1.82, 2.24) is 4.98 Å². The number of hydrogen-bond acceptors (Lipinski definition) is 5. The molecule has 3 aliphatic rings. The molecular formula is C28H23F2NO5. The topological polar surface area (TPSA) is 85.7 Å². The highest BCUT2D eigenvalue weighted by Crippen LogP contribution is 2.53. The van der Waals surface area contributed by atoms with Gasteiger partial charge in [0.1, 0.15) is 5.78 Å². The number of halogens is 2. The van der Waals surface area contributed by atoms with Gasteiger partial charge < -0.3 is 14.6 Å². The first kappa shape index (κ1) is 22.6. The van der Waals surface area contributed by atoms with Crippen molar-refractivity contribution in [2.24, 2.45) is 0 Å². The van der Waals surface area contributed by atoms with E-state index in [0.717, 1.165) is 16.7 Å². The van der Waals surface area contributed by atoms with Crippen LogP contribution in [-0.4, -0.2) is 28.1 Å². The van der Waals surface area contributed by atoms with Crippen LogP contribution >= 0.6 is 0 Å². The minimum Gasteiger partial charge on any atom is -0.481 e. The molecule has 3 aromatic rings. The first-order valence-electron chi connectivity index (χ1n) is 11.9. The number of rotatable bonds is 7. The lowest BCUT2D eigenvalue weighted by Crippen LogP contribution is -2.26. The number of alkyl halides is 2. The van der Waals surface area contributed by atoms with E-state index in [1.807, 2.05) is 43.3 Å². The van der Waals surface area contributed by atoms with Crippen molar-refractivity contribution in [3.8, 4) is 22.8 Å². The fraction of sp³-hybridized carbons (Fsp3) is 0.321. The van der Waals surface area contributed by atoms with Crippen molar-refractivity contribution in [2.75, 3.05) is 0 Å². The highest BCUT2D eigenvalue weighted by molar-refractivity contribution is 5.94. The molecular weight excluding hydrogens is 468 g/mol. The number of nitrogens with zero attached hydrogens (tertiary/aromatic N) is 1. The van der Waals surface area contributed by atoms with Gasteiger partial charge in [-0.2, -0.15) is 0 Å². The normalized spacial score (nSPS) is 19.5. The Kier molecular flexibility index (Phi) is 4.78. The number of hydrogen-bond donors (Lipinski definition) is 1. The van der Waals surface area contributed by atoms with Crippen molar-refractivity contribution in [3.05, 3.63) is 77.0 Å². The molecule has 0 spiro atoms. The molecule has 36 heavy (non-hydrogen) atoms. The Bertz CT molecular complexity index is 1430. The van der Waals surface area contributed by atoms with Crippen LogP contribution in [0.1, 0.15) is 48.1 Å². The smallest absolute Gasteiger partial charge is 0.481 e. The van der Waals surface area contributed by atoms with Crippen LogP contribution < -0.4 is 9.47 Å². The average Bonchev–Trinajstić information content (AvgIpc) is 3.75. The van der Waals surface area contributed by atoms with E-state index >= 15 is 0 Å². The third kappa shape index (κ3) is 3.63. The van der Waals surface area contributed by atoms with Crippen molar-refractivity contribution >= 4 is 11.8 Å². The van der Waals surface area contributed by atoms with Gasteiger partial charge in [-0.1, -0.05) is 30.3 Å². The Morgan fingerprint density at radius 1 is 0.917 bits per heavy atom. The van der Waals surface area contributed by atoms with Crippen LogP contribution in [0.5, 0.6) is 11.5 Å². The van der Waals surface area contributed by atoms with Gasteiger partial charge in [0.25, 0.3) is 0 Å². The number of aromatic nitrogens is 1. The van der Waals surface area contributed by atoms with Crippen molar-refractivity contribution in [1.29, 1.82) is 0 Å². The fourth-order valence-corrected chi connectivity index (χ4v) is 5.11. The van der Waals surface area contributed by atoms with Gasteiger partial charge in [-0.05, 0) is 73.6 Å². The van der Waals surface area contributed by atoms with E-state index < -0.39 is 23.1 Å². The van der Waals surface area contributed by atoms with Crippen molar-refractivity contribution in [2.45, 2.75) is 56.2 Å². The molecule has 2 heterocycles. The Balaban J connectivity index is 1.26. The summed E-state index contributed by atoms with van der Waals surface area (Å²) in [6, 6.07) is 15.7. The summed E-state index contributed by atoms with van der Waals surface area (Å²) < 4.78 is 35.9. The zero-order valence-electron chi connectivity index (χ0n) is 19.5. The fourth-order valence-electron chi connectivity index (χ4n) is 5.11. The van der Waals surface area contributed by atoms with Gasteiger partial charge >= 0.3 is 12.3 Å². The van der Waals surface area contributed by atoms with Crippen LogP contribution in [0.25, 0.3) is 11.3 Å². The molecule has 2 aromatic carbocycles. The number of fused-ring (bicyclic) bond motifs is 1. The number of carbonyl (C=O) groups excluding carboxylic acids is 1. The van der Waals surface area contributed by atoms with E-state index in [2.05, 4.69) is 9.47 Å². The van der Waals surface area contributed by atoms with Gasteiger partial charge in [-0.15, -0.1) is 8.78 Å². The molecule has 1 aliphatic heterocycles. The number of Topliss-reactive ketones (excluding diaryl/α,β-unsaturated/α-hetero) is 1. The molecule has 184 valence electrons. The lowest BCUT2D eigenvalue weighted by atomic mass is 9.88. The van der Waals surface area contributed by atoms with Crippen LogP contribution in [0.3, 0.4) is 0 Å². The second-order valence-corrected chi connectivity index (χ2v) is 9.95. The average molecular weight is 491 g/mol. The second kappa shape index (κ2) is 7.59. The van der Waals surface area contributed by atoms with E-state index in [4.69, 9.17) is 4.98 Å². The molecule has 2 saturated carbocycles. The van der Waals surface area contributed by atoms with E-state index in [1.54, 1.807) is 6.07 Å². The number of aliphatic carboxylic acids is 1. The van der Waals surface area contributed by atoms with Crippen LogP contribution in [-0.2, 0) is 26.8 Å². The van der Waals surface area contributed by atoms with E-state index in [1.165, 1.54) is 12.1 Å².